The largest absolute Gasteiger partial charge is 0.482 e. The molecule has 26 heavy (non-hydrogen) atoms. The normalized spacial score (nSPS) is 34.3. The molecule has 0 amide bonds. The van der Waals surface area contributed by atoms with E-state index in [1.165, 1.54) is 32.1 Å². The van der Waals surface area contributed by atoms with Gasteiger partial charge in [-0.2, -0.15) is 0 Å². The Hall–Kier alpha value is -2.03. The molecule has 3 nitrogen and oxygen atoms in total. The Balaban J connectivity index is 1.42. The van der Waals surface area contributed by atoms with E-state index in [4.69, 9.17) is 9.47 Å². The summed E-state index contributed by atoms with van der Waals surface area (Å²) in [7, 11) is 0. The van der Waals surface area contributed by atoms with Gasteiger partial charge >= 0.3 is 5.97 Å². The molecule has 0 spiro atoms. The van der Waals surface area contributed by atoms with E-state index in [1.54, 1.807) is 6.08 Å². The molecule has 0 radical (unpaired) electrons. The van der Waals surface area contributed by atoms with Crippen molar-refractivity contribution in [3.8, 4) is 5.75 Å². The lowest BCUT2D eigenvalue weighted by molar-refractivity contribution is -0.210. The molecule has 1 aromatic rings. The van der Waals surface area contributed by atoms with Gasteiger partial charge in [-0.05, 0) is 73.5 Å². The van der Waals surface area contributed by atoms with E-state index in [1.807, 2.05) is 30.3 Å². The van der Waals surface area contributed by atoms with E-state index in [-0.39, 0.29) is 18.2 Å². The molecule has 0 aliphatic heterocycles. The van der Waals surface area contributed by atoms with Gasteiger partial charge in [0, 0.05) is 6.42 Å². The number of hydrogen-bond donors (Lipinski definition) is 0. The van der Waals surface area contributed by atoms with Gasteiger partial charge in [0.2, 0.25) is 0 Å². The second kappa shape index (κ2) is 6.94. The smallest absolute Gasteiger partial charge is 0.344 e. The molecule has 138 valence electrons. The molecule has 0 aromatic heterocycles. The zero-order valence-electron chi connectivity index (χ0n) is 15.4. The van der Waals surface area contributed by atoms with Crippen LogP contribution >= 0.6 is 0 Å². The summed E-state index contributed by atoms with van der Waals surface area (Å²) in [6.45, 7) is 7.64. The molecule has 3 heteroatoms. The lowest BCUT2D eigenvalue weighted by Gasteiger charge is -2.60. The van der Waals surface area contributed by atoms with Crippen molar-refractivity contribution in [1.29, 1.82) is 0 Å². The van der Waals surface area contributed by atoms with E-state index >= 15 is 0 Å². The quantitative estimate of drug-likeness (QED) is 0.510. The Labute approximate surface area is 156 Å². The molecule has 0 N–H and O–H groups in total. The summed E-state index contributed by atoms with van der Waals surface area (Å²) in [6.07, 6.45) is 10.7. The number of benzene rings is 1. The minimum atomic E-state index is -0.345. The maximum Gasteiger partial charge on any atom is 0.344 e. The van der Waals surface area contributed by atoms with Crippen molar-refractivity contribution in [2.45, 2.75) is 44.1 Å². The second-order valence-electron chi connectivity index (χ2n) is 8.29. The molecule has 0 atom stereocenters. The first-order valence-corrected chi connectivity index (χ1v) is 9.81. The summed E-state index contributed by atoms with van der Waals surface area (Å²) >= 11 is 0. The first kappa shape index (κ1) is 17.4. The molecule has 0 saturated heterocycles. The molecular formula is C23H28O3. The summed E-state index contributed by atoms with van der Waals surface area (Å²) in [5.74, 6) is 3.09. The Kier molecular flexibility index (Phi) is 4.64. The van der Waals surface area contributed by atoms with E-state index in [0.717, 1.165) is 23.8 Å². The van der Waals surface area contributed by atoms with Gasteiger partial charge in [-0.3, -0.25) is 0 Å². The molecular weight excluding hydrogens is 324 g/mol. The second-order valence-corrected chi connectivity index (χ2v) is 8.29. The molecule has 4 saturated carbocycles. The summed E-state index contributed by atoms with van der Waals surface area (Å²) in [4.78, 5) is 12.6. The third kappa shape index (κ3) is 3.08. The fraction of sp³-hybridized carbons (Fsp3) is 0.522. The Morgan fingerprint density at radius 1 is 1.04 bits per heavy atom. The van der Waals surface area contributed by atoms with Gasteiger partial charge in [-0.1, -0.05) is 30.9 Å². The third-order valence-corrected chi connectivity index (χ3v) is 6.76. The average molecular weight is 352 g/mol. The van der Waals surface area contributed by atoms with Crippen LogP contribution in [0.4, 0.5) is 0 Å². The molecule has 4 aliphatic rings. The van der Waals surface area contributed by atoms with Crippen LogP contribution in [0.1, 0.15) is 44.1 Å². The van der Waals surface area contributed by atoms with E-state index in [2.05, 4.69) is 13.2 Å². The summed E-state index contributed by atoms with van der Waals surface area (Å²) < 4.78 is 11.8. The van der Waals surface area contributed by atoms with Gasteiger partial charge in [-0.15, -0.1) is 6.58 Å². The Morgan fingerprint density at radius 2 is 1.65 bits per heavy atom. The van der Waals surface area contributed by atoms with Crippen LogP contribution in [0, 0.1) is 23.7 Å². The molecule has 1 aromatic carbocycles. The number of ether oxygens (including phenoxy) is 2. The van der Waals surface area contributed by atoms with Crippen LogP contribution in [0.2, 0.25) is 0 Å². The standard InChI is InChI=1S/C23H28O3/c1-3-9-23(19-11-17-10-18(13-19)14-20(23)12-17)26-22(24)15-25-21-7-5-16(4-2)6-8-21/h3-8,17-20H,1-2,9-15H2. The van der Waals surface area contributed by atoms with E-state index < -0.39 is 0 Å². The van der Waals surface area contributed by atoms with Gasteiger partial charge in [0.1, 0.15) is 11.4 Å². The van der Waals surface area contributed by atoms with Crippen molar-refractivity contribution < 1.29 is 14.3 Å². The highest BCUT2D eigenvalue weighted by molar-refractivity contribution is 5.72. The van der Waals surface area contributed by atoms with Crippen LogP contribution in [0.5, 0.6) is 5.75 Å². The first-order valence-electron chi connectivity index (χ1n) is 9.81. The Morgan fingerprint density at radius 3 is 2.19 bits per heavy atom. The zero-order chi connectivity index (χ0) is 18.1. The van der Waals surface area contributed by atoms with Crippen molar-refractivity contribution in [3.05, 3.63) is 49.1 Å². The van der Waals surface area contributed by atoms with Crippen LogP contribution in [0.25, 0.3) is 6.08 Å². The number of esters is 1. The fourth-order valence-electron chi connectivity index (χ4n) is 5.83. The number of carbonyl (C=O) groups excluding carboxylic acids is 1. The van der Waals surface area contributed by atoms with Gasteiger partial charge < -0.3 is 9.47 Å². The topological polar surface area (TPSA) is 35.5 Å². The third-order valence-electron chi connectivity index (χ3n) is 6.76. The van der Waals surface area contributed by atoms with Crippen LogP contribution < -0.4 is 4.74 Å². The Bertz CT molecular complexity index is 660. The first-order chi connectivity index (χ1) is 12.6. The monoisotopic (exact) mass is 352 g/mol. The van der Waals surface area contributed by atoms with Gasteiger partial charge in [0.25, 0.3) is 0 Å². The van der Waals surface area contributed by atoms with E-state index in [0.29, 0.717) is 17.6 Å². The lowest BCUT2D eigenvalue weighted by Crippen LogP contribution is -2.59. The molecule has 0 unspecified atom stereocenters. The number of rotatable bonds is 7. The van der Waals surface area contributed by atoms with Crippen molar-refractivity contribution in [2.24, 2.45) is 23.7 Å². The average Bonchev–Trinajstić information content (AvgIpc) is 2.64. The number of carbonyl (C=O) groups is 1. The van der Waals surface area contributed by atoms with Crippen LogP contribution in [-0.2, 0) is 9.53 Å². The van der Waals surface area contributed by atoms with Crippen LogP contribution in [-0.4, -0.2) is 18.2 Å². The molecule has 4 bridgehead atoms. The maximum absolute atomic E-state index is 12.6. The van der Waals surface area contributed by atoms with E-state index in [9.17, 15) is 4.79 Å². The minimum Gasteiger partial charge on any atom is -0.482 e. The summed E-state index contributed by atoms with van der Waals surface area (Å²) in [5.41, 5.74) is 0.681. The SMILES string of the molecule is C=CCC1(OC(=O)COc2ccc(C=C)cc2)C2CC3CC(C2)CC1C3. The van der Waals surface area contributed by atoms with Gasteiger partial charge in [-0.25, -0.2) is 4.79 Å². The molecule has 4 fully saturated rings. The highest BCUT2D eigenvalue weighted by Crippen LogP contribution is 2.60. The minimum absolute atomic E-state index is 0.0430. The predicted octanol–water partition coefficient (Wildman–Crippen LogP) is 5.02. The zero-order valence-corrected chi connectivity index (χ0v) is 15.4. The predicted molar refractivity (Wildman–Crippen MR) is 103 cm³/mol. The molecule has 0 heterocycles. The van der Waals surface area contributed by atoms with Crippen LogP contribution in [0.3, 0.4) is 0 Å². The highest BCUT2D eigenvalue weighted by atomic mass is 16.6. The van der Waals surface area contributed by atoms with Crippen molar-refractivity contribution >= 4 is 12.0 Å². The summed E-state index contributed by atoms with van der Waals surface area (Å²) in [6, 6.07) is 7.55. The van der Waals surface area contributed by atoms with Crippen LogP contribution in [0.15, 0.2) is 43.5 Å². The highest BCUT2D eigenvalue weighted by Gasteiger charge is 2.58. The van der Waals surface area contributed by atoms with Crippen molar-refractivity contribution in [3.63, 3.8) is 0 Å². The number of hydrogen-bond acceptors (Lipinski definition) is 3. The van der Waals surface area contributed by atoms with Gasteiger partial charge in [0.15, 0.2) is 6.61 Å². The van der Waals surface area contributed by atoms with Gasteiger partial charge in [0.05, 0.1) is 0 Å². The fourth-order valence-corrected chi connectivity index (χ4v) is 5.83. The van der Waals surface area contributed by atoms with Crippen molar-refractivity contribution in [2.75, 3.05) is 6.61 Å². The van der Waals surface area contributed by atoms with Crippen molar-refractivity contribution in [1.82, 2.24) is 0 Å². The lowest BCUT2D eigenvalue weighted by atomic mass is 9.49. The summed E-state index contributed by atoms with van der Waals surface area (Å²) in [5, 5.41) is 0. The molecule has 5 rings (SSSR count). The maximum atomic E-state index is 12.6. The molecule has 4 aliphatic carbocycles.